The second-order valence-corrected chi connectivity index (χ2v) is 3.84. The van der Waals surface area contributed by atoms with E-state index in [1.165, 1.54) is 0 Å². The average molecular weight is 218 g/mol. The number of likely N-dealkylation sites (N-methyl/N-ethyl adjacent to an activating group) is 1. The van der Waals surface area contributed by atoms with Crippen LogP contribution in [0.15, 0.2) is 36.2 Å². The predicted molar refractivity (Wildman–Crippen MR) is 67.2 cm³/mol. The van der Waals surface area contributed by atoms with E-state index in [1.54, 1.807) is 18.3 Å². The van der Waals surface area contributed by atoms with Crippen LogP contribution in [0.4, 0.5) is 0 Å². The molecule has 0 aliphatic heterocycles. The Morgan fingerprint density at radius 3 is 2.50 bits per heavy atom. The van der Waals surface area contributed by atoms with Crippen LogP contribution in [0.2, 0.25) is 0 Å². The third-order valence-corrected chi connectivity index (χ3v) is 2.08. The zero-order valence-electron chi connectivity index (χ0n) is 9.99. The molecule has 1 rings (SSSR count). The van der Waals surface area contributed by atoms with Gasteiger partial charge in [-0.05, 0) is 31.8 Å². The SMILES string of the molecule is CNC=C=C(CN(C)C)c1ccc(O)cc1. The van der Waals surface area contributed by atoms with Crippen molar-refractivity contribution in [2.45, 2.75) is 0 Å². The summed E-state index contributed by atoms with van der Waals surface area (Å²) in [4.78, 5) is 2.08. The molecular weight excluding hydrogens is 200 g/mol. The molecular formula is C13H18N2O. The Kier molecular flexibility index (Phi) is 4.65. The van der Waals surface area contributed by atoms with Gasteiger partial charge in [0.25, 0.3) is 0 Å². The van der Waals surface area contributed by atoms with Gasteiger partial charge in [0.2, 0.25) is 0 Å². The third-order valence-electron chi connectivity index (χ3n) is 2.08. The standard InChI is InChI=1S/C13H18N2O/c1-14-9-8-12(10-15(2)3)11-4-6-13(16)7-5-11/h4-7,9,14,16H,10H2,1-3H3. The van der Waals surface area contributed by atoms with E-state index in [0.29, 0.717) is 0 Å². The molecule has 0 saturated carbocycles. The third kappa shape index (κ3) is 3.81. The first kappa shape index (κ1) is 12.4. The minimum Gasteiger partial charge on any atom is -0.508 e. The van der Waals surface area contributed by atoms with E-state index < -0.39 is 0 Å². The van der Waals surface area contributed by atoms with Crippen LogP contribution in [-0.4, -0.2) is 37.7 Å². The summed E-state index contributed by atoms with van der Waals surface area (Å²) in [6.07, 6.45) is 1.78. The first-order chi connectivity index (χ1) is 7.63. The van der Waals surface area contributed by atoms with Gasteiger partial charge in [0.05, 0.1) is 0 Å². The fourth-order valence-corrected chi connectivity index (χ4v) is 1.36. The van der Waals surface area contributed by atoms with Crippen molar-refractivity contribution < 1.29 is 5.11 Å². The Morgan fingerprint density at radius 1 is 1.38 bits per heavy atom. The van der Waals surface area contributed by atoms with Gasteiger partial charge in [0.15, 0.2) is 0 Å². The van der Waals surface area contributed by atoms with E-state index in [0.717, 1.165) is 17.7 Å². The van der Waals surface area contributed by atoms with Crippen molar-refractivity contribution in [2.75, 3.05) is 27.7 Å². The lowest BCUT2D eigenvalue weighted by molar-refractivity contribution is 0.463. The van der Waals surface area contributed by atoms with E-state index in [-0.39, 0.29) is 5.75 Å². The number of aromatic hydroxyl groups is 1. The number of rotatable bonds is 4. The first-order valence-electron chi connectivity index (χ1n) is 5.19. The summed E-state index contributed by atoms with van der Waals surface area (Å²) in [6.45, 7) is 0.808. The quantitative estimate of drug-likeness (QED) is 0.755. The van der Waals surface area contributed by atoms with Gasteiger partial charge in [0, 0.05) is 25.4 Å². The number of nitrogens with one attached hydrogen (secondary N) is 1. The fourth-order valence-electron chi connectivity index (χ4n) is 1.36. The molecule has 86 valence electrons. The van der Waals surface area contributed by atoms with Gasteiger partial charge in [0.1, 0.15) is 5.75 Å². The lowest BCUT2D eigenvalue weighted by Crippen LogP contribution is -2.14. The normalized spacial score (nSPS) is 9.75. The average Bonchev–Trinajstić information content (AvgIpc) is 2.25. The molecule has 0 fully saturated rings. The van der Waals surface area contributed by atoms with Crippen molar-refractivity contribution in [2.24, 2.45) is 0 Å². The van der Waals surface area contributed by atoms with E-state index in [1.807, 2.05) is 33.3 Å². The van der Waals surface area contributed by atoms with Gasteiger partial charge in [-0.1, -0.05) is 17.9 Å². The van der Waals surface area contributed by atoms with Crippen LogP contribution in [0.25, 0.3) is 5.57 Å². The highest BCUT2D eigenvalue weighted by atomic mass is 16.3. The highest BCUT2D eigenvalue weighted by Crippen LogP contribution is 2.17. The maximum Gasteiger partial charge on any atom is 0.115 e. The van der Waals surface area contributed by atoms with Gasteiger partial charge < -0.3 is 15.3 Å². The first-order valence-corrected chi connectivity index (χ1v) is 5.19. The van der Waals surface area contributed by atoms with Crippen molar-refractivity contribution in [1.29, 1.82) is 0 Å². The second kappa shape index (κ2) is 6.01. The maximum absolute atomic E-state index is 9.24. The number of benzene rings is 1. The van der Waals surface area contributed by atoms with Gasteiger partial charge in [-0.3, -0.25) is 0 Å². The summed E-state index contributed by atoms with van der Waals surface area (Å²) >= 11 is 0. The number of hydrogen-bond donors (Lipinski definition) is 2. The van der Waals surface area contributed by atoms with Crippen molar-refractivity contribution in [3.05, 3.63) is 41.8 Å². The molecule has 0 amide bonds. The fraction of sp³-hybridized carbons (Fsp3) is 0.308. The Balaban J connectivity index is 3.01. The minimum atomic E-state index is 0.283. The van der Waals surface area contributed by atoms with Crippen LogP contribution in [0.5, 0.6) is 5.75 Å². The molecule has 0 heterocycles. The molecule has 0 aliphatic rings. The van der Waals surface area contributed by atoms with Crippen LogP contribution >= 0.6 is 0 Å². The second-order valence-electron chi connectivity index (χ2n) is 3.84. The van der Waals surface area contributed by atoms with Crippen LogP contribution in [0, 0.1) is 0 Å². The highest BCUT2D eigenvalue weighted by Gasteiger charge is 2.02. The Hall–Kier alpha value is -1.70. The summed E-state index contributed by atoms with van der Waals surface area (Å²) in [5, 5.41) is 12.2. The number of hydrogen-bond acceptors (Lipinski definition) is 3. The molecule has 0 unspecified atom stereocenters. The molecule has 2 N–H and O–H groups in total. The van der Waals surface area contributed by atoms with E-state index >= 15 is 0 Å². The lowest BCUT2D eigenvalue weighted by atomic mass is 10.1. The summed E-state index contributed by atoms with van der Waals surface area (Å²) in [5.41, 5.74) is 5.34. The van der Waals surface area contributed by atoms with Crippen molar-refractivity contribution in [1.82, 2.24) is 10.2 Å². The molecule has 0 bridgehead atoms. The van der Waals surface area contributed by atoms with Crippen LogP contribution in [0.1, 0.15) is 5.56 Å². The Morgan fingerprint density at radius 2 is 2.00 bits per heavy atom. The van der Waals surface area contributed by atoms with Gasteiger partial charge in [-0.2, -0.15) is 0 Å². The minimum absolute atomic E-state index is 0.283. The van der Waals surface area contributed by atoms with Gasteiger partial charge >= 0.3 is 0 Å². The summed E-state index contributed by atoms with van der Waals surface area (Å²) in [6, 6.07) is 7.16. The zero-order valence-corrected chi connectivity index (χ0v) is 9.99. The van der Waals surface area contributed by atoms with E-state index in [4.69, 9.17) is 0 Å². The van der Waals surface area contributed by atoms with Gasteiger partial charge in [-0.25, -0.2) is 0 Å². The smallest absolute Gasteiger partial charge is 0.115 e. The topological polar surface area (TPSA) is 35.5 Å². The Labute approximate surface area is 96.7 Å². The number of phenolic OH excluding ortho intramolecular Hbond substituents is 1. The van der Waals surface area contributed by atoms with Crippen LogP contribution in [-0.2, 0) is 0 Å². The van der Waals surface area contributed by atoms with Crippen LogP contribution < -0.4 is 5.32 Å². The monoisotopic (exact) mass is 218 g/mol. The van der Waals surface area contributed by atoms with Crippen molar-refractivity contribution >= 4 is 5.57 Å². The lowest BCUT2D eigenvalue weighted by Gasteiger charge is -2.11. The molecule has 16 heavy (non-hydrogen) atoms. The number of nitrogens with zero attached hydrogens (tertiary/aromatic N) is 1. The van der Waals surface area contributed by atoms with Gasteiger partial charge in [-0.15, -0.1) is 0 Å². The number of phenols is 1. The zero-order chi connectivity index (χ0) is 12.0. The molecule has 3 nitrogen and oxygen atoms in total. The molecule has 1 aromatic rings. The summed E-state index contributed by atoms with van der Waals surface area (Å²) < 4.78 is 0. The molecule has 0 radical (unpaired) electrons. The van der Waals surface area contributed by atoms with E-state index in [2.05, 4.69) is 15.9 Å². The molecule has 0 saturated heterocycles. The summed E-state index contributed by atoms with van der Waals surface area (Å²) in [5.74, 6) is 0.283. The largest absolute Gasteiger partial charge is 0.508 e. The summed E-state index contributed by atoms with van der Waals surface area (Å²) in [7, 11) is 5.88. The van der Waals surface area contributed by atoms with Crippen LogP contribution in [0.3, 0.4) is 0 Å². The molecule has 0 aromatic heterocycles. The molecule has 0 atom stereocenters. The molecule has 0 spiro atoms. The van der Waals surface area contributed by atoms with Crippen molar-refractivity contribution in [3.63, 3.8) is 0 Å². The molecule has 1 aromatic carbocycles. The Bertz CT molecular complexity index is 387. The molecule has 3 heteroatoms. The van der Waals surface area contributed by atoms with E-state index in [9.17, 15) is 5.11 Å². The highest BCUT2D eigenvalue weighted by molar-refractivity contribution is 5.66. The predicted octanol–water partition coefficient (Wildman–Crippen LogP) is 1.67. The maximum atomic E-state index is 9.24. The molecule has 0 aliphatic carbocycles. The van der Waals surface area contributed by atoms with Crippen molar-refractivity contribution in [3.8, 4) is 5.75 Å².